The summed E-state index contributed by atoms with van der Waals surface area (Å²) in [4.78, 5) is 7.59. The molecule has 3 N–H and O–H groups in total. The quantitative estimate of drug-likeness (QED) is 0.665. The van der Waals surface area contributed by atoms with Crippen molar-refractivity contribution in [3.63, 3.8) is 0 Å². The highest BCUT2D eigenvalue weighted by Gasteiger charge is 2.12. The lowest BCUT2D eigenvalue weighted by Gasteiger charge is -2.00. The largest absolute Gasteiger partial charge is 0.399 e. The van der Waals surface area contributed by atoms with Crippen molar-refractivity contribution < 1.29 is 4.39 Å². The fourth-order valence-electron chi connectivity index (χ4n) is 2.10. The average Bonchev–Trinajstić information content (AvgIpc) is 2.72. The Labute approximate surface area is 117 Å². The molecule has 0 saturated carbocycles. The second kappa shape index (κ2) is 4.35. The third-order valence-corrected chi connectivity index (χ3v) is 3.45. The van der Waals surface area contributed by atoms with Crippen LogP contribution in [0.25, 0.3) is 22.4 Å². The van der Waals surface area contributed by atoms with Gasteiger partial charge in [-0.15, -0.1) is 0 Å². The Kier molecular flexibility index (Phi) is 2.78. The van der Waals surface area contributed by atoms with Crippen molar-refractivity contribution in [2.45, 2.75) is 6.92 Å². The summed E-state index contributed by atoms with van der Waals surface area (Å²) < 4.78 is 14.9. The number of nitrogens with one attached hydrogen (secondary N) is 1. The highest BCUT2D eigenvalue weighted by molar-refractivity contribution is 9.10. The number of aromatic nitrogens is 2. The van der Waals surface area contributed by atoms with E-state index in [1.807, 2.05) is 19.1 Å². The van der Waals surface area contributed by atoms with E-state index in [-0.39, 0.29) is 5.82 Å². The van der Waals surface area contributed by atoms with Gasteiger partial charge < -0.3 is 10.7 Å². The SMILES string of the molecule is Cc1cc(Br)cc2[nH]c(-c3ccc(N)cc3F)nc12. The van der Waals surface area contributed by atoms with Crippen LogP contribution in [0.4, 0.5) is 10.1 Å². The van der Waals surface area contributed by atoms with Gasteiger partial charge in [-0.25, -0.2) is 9.37 Å². The zero-order valence-electron chi connectivity index (χ0n) is 10.2. The number of aryl methyl sites for hydroxylation is 1. The van der Waals surface area contributed by atoms with Crippen molar-refractivity contribution in [3.05, 3.63) is 46.2 Å². The number of nitrogen functional groups attached to an aromatic ring is 1. The smallest absolute Gasteiger partial charge is 0.141 e. The number of benzene rings is 2. The molecule has 0 unspecified atom stereocenters. The maximum Gasteiger partial charge on any atom is 0.141 e. The number of anilines is 1. The van der Waals surface area contributed by atoms with Crippen LogP contribution in [-0.2, 0) is 0 Å². The number of hydrogen-bond acceptors (Lipinski definition) is 2. The van der Waals surface area contributed by atoms with Crippen LogP contribution in [0.15, 0.2) is 34.8 Å². The minimum atomic E-state index is -0.379. The summed E-state index contributed by atoms with van der Waals surface area (Å²) in [6, 6.07) is 8.49. The first-order valence-corrected chi connectivity index (χ1v) is 6.55. The third kappa shape index (κ3) is 2.10. The molecule has 3 aromatic rings. The molecule has 1 aromatic heterocycles. The molecule has 0 aliphatic heterocycles. The zero-order chi connectivity index (χ0) is 13.6. The van der Waals surface area contributed by atoms with E-state index in [0.717, 1.165) is 21.1 Å². The summed E-state index contributed by atoms with van der Waals surface area (Å²) >= 11 is 3.43. The average molecular weight is 320 g/mol. The van der Waals surface area contributed by atoms with Crippen LogP contribution in [0.5, 0.6) is 0 Å². The van der Waals surface area contributed by atoms with E-state index < -0.39 is 0 Å². The number of aromatic amines is 1. The van der Waals surface area contributed by atoms with Gasteiger partial charge in [-0.3, -0.25) is 0 Å². The zero-order valence-corrected chi connectivity index (χ0v) is 11.8. The standard InChI is InChI=1S/C14H11BrFN3/c1-7-4-8(15)5-12-13(7)19-14(18-12)10-3-2-9(17)6-11(10)16/h2-6H,17H2,1H3,(H,18,19). The Hall–Kier alpha value is -1.88. The van der Waals surface area contributed by atoms with Gasteiger partial charge in [0.05, 0.1) is 16.6 Å². The van der Waals surface area contributed by atoms with Crippen LogP contribution in [0, 0.1) is 12.7 Å². The Balaban J connectivity index is 2.23. The Bertz CT molecular complexity index is 780. The summed E-state index contributed by atoms with van der Waals surface area (Å²) in [7, 11) is 0. The molecule has 0 amide bonds. The minimum absolute atomic E-state index is 0.379. The maximum atomic E-state index is 13.9. The third-order valence-electron chi connectivity index (χ3n) is 2.99. The van der Waals surface area contributed by atoms with E-state index in [2.05, 4.69) is 25.9 Å². The summed E-state index contributed by atoms with van der Waals surface area (Å²) in [5.74, 6) is 0.129. The van der Waals surface area contributed by atoms with E-state index in [4.69, 9.17) is 5.73 Å². The highest BCUT2D eigenvalue weighted by atomic mass is 79.9. The molecule has 0 atom stereocenters. The molecular weight excluding hydrogens is 309 g/mol. The van der Waals surface area contributed by atoms with Gasteiger partial charge in [0, 0.05) is 10.2 Å². The number of rotatable bonds is 1. The molecule has 96 valence electrons. The van der Waals surface area contributed by atoms with Crippen molar-refractivity contribution in [3.8, 4) is 11.4 Å². The molecular formula is C14H11BrFN3. The highest BCUT2D eigenvalue weighted by Crippen LogP contribution is 2.27. The number of imidazole rings is 1. The van der Waals surface area contributed by atoms with E-state index in [9.17, 15) is 4.39 Å². The van der Waals surface area contributed by atoms with Crippen LogP contribution < -0.4 is 5.73 Å². The maximum absolute atomic E-state index is 13.9. The van der Waals surface area contributed by atoms with Gasteiger partial charge in [-0.1, -0.05) is 15.9 Å². The van der Waals surface area contributed by atoms with Crippen molar-refractivity contribution >= 4 is 32.7 Å². The Morgan fingerprint density at radius 1 is 1.26 bits per heavy atom. The summed E-state index contributed by atoms with van der Waals surface area (Å²) in [5, 5.41) is 0. The number of nitrogens with zero attached hydrogens (tertiary/aromatic N) is 1. The number of halogens is 2. The van der Waals surface area contributed by atoms with Gasteiger partial charge in [0.25, 0.3) is 0 Å². The van der Waals surface area contributed by atoms with Crippen LogP contribution in [0.3, 0.4) is 0 Å². The lowest BCUT2D eigenvalue weighted by Crippen LogP contribution is -1.90. The van der Waals surface area contributed by atoms with Gasteiger partial charge in [0.15, 0.2) is 0 Å². The van der Waals surface area contributed by atoms with Crippen molar-refractivity contribution in [1.29, 1.82) is 0 Å². The van der Waals surface area contributed by atoms with E-state index in [1.165, 1.54) is 6.07 Å². The topological polar surface area (TPSA) is 54.7 Å². The van der Waals surface area contributed by atoms with Crippen molar-refractivity contribution in [2.75, 3.05) is 5.73 Å². The summed E-state index contributed by atoms with van der Waals surface area (Å²) in [6.07, 6.45) is 0. The number of nitrogens with two attached hydrogens (primary N) is 1. The first kappa shape index (κ1) is 12.2. The number of hydrogen-bond donors (Lipinski definition) is 2. The second-order valence-electron chi connectivity index (χ2n) is 4.44. The number of fused-ring (bicyclic) bond motifs is 1. The lowest BCUT2D eigenvalue weighted by molar-refractivity contribution is 0.631. The lowest BCUT2D eigenvalue weighted by atomic mass is 10.2. The molecule has 0 aliphatic rings. The predicted molar refractivity (Wildman–Crippen MR) is 78.3 cm³/mol. The molecule has 1 heterocycles. The molecule has 0 bridgehead atoms. The normalized spacial score (nSPS) is 11.1. The van der Waals surface area contributed by atoms with Crippen LogP contribution in [-0.4, -0.2) is 9.97 Å². The van der Waals surface area contributed by atoms with Crippen LogP contribution >= 0.6 is 15.9 Å². The van der Waals surface area contributed by atoms with Gasteiger partial charge in [0.1, 0.15) is 11.6 Å². The predicted octanol–water partition coefficient (Wildman–Crippen LogP) is 4.02. The molecule has 0 aliphatic carbocycles. The van der Waals surface area contributed by atoms with E-state index >= 15 is 0 Å². The van der Waals surface area contributed by atoms with Crippen LogP contribution in [0.2, 0.25) is 0 Å². The first-order chi connectivity index (χ1) is 9.04. The molecule has 3 nitrogen and oxygen atoms in total. The van der Waals surface area contributed by atoms with Gasteiger partial charge in [-0.05, 0) is 42.8 Å². The van der Waals surface area contributed by atoms with Crippen molar-refractivity contribution in [2.24, 2.45) is 0 Å². The van der Waals surface area contributed by atoms with E-state index in [1.54, 1.807) is 12.1 Å². The van der Waals surface area contributed by atoms with E-state index in [0.29, 0.717) is 17.1 Å². The van der Waals surface area contributed by atoms with Gasteiger partial charge in [0.2, 0.25) is 0 Å². The molecule has 0 fully saturated rings. The first-order valence-electron chi connectivity index (χ1n) is 5.76. The van der Waals surface area contributed by atoms with Crippen molar-refractivity contribution in [1.82, 2.24) is 9.97 Å². The van der Waals surface area contributed by atoms with Gasteiger partial charge >= 0.3 is 0 Å². The molecule has 0 spiro atoms. The molecule has 0 radical (unpaired) electrons. The second-order valence-corrected chi connectivity index (χ2v) is 5.36. The fourth-order valence-corrected chi connectivity index (χ4v) is 2.67. The molecule has 0 saturated heterocycles. The summed E-state index contributed by atoms with van der Waals surface area (Å²) in [5.41, 5.74) is 9.11. The molecule has 5 heteroatoms. The Morgan fingerprint density at radius 2 is 2.05 bits per heavy atom. The van der Waals surface area contributed by atoms with Crippen LogP contribution in [0.1, 0.15) is 5.56 Å². The fraction of sp³-hybridized carbons (Fsp3) is 0.0714. The Morgan fingerprint density at radius 3 is 2.79 bits per heavy atom. The van der Waals surface area contributed by atoms with Gasteiger partial charge in [-0.2, -0.15) is 0 Å². The minimum Gasteiger partial charge on any atom is -0.399 e. The monoisotopic (exact) mass is 319 g/mol. The summed E-state index contributed by atoms with van der Waals surface area (Å²) in [6.45, 7) is 1.97. The molecule has 19 heavy (non-hydrogen) atoms. The molecule has 2 aromatic carbocycles. The number of H-pyrrole nitrogens is 1. The molecule has 3 rings (SSSR count).